The summed E-state index contributed by atoms with van der Waals surface area (Å²) in [5, 5.41) is 15.9. The fraction of sp³-hybridized carbons (Fsp3) is 0.0909. The average molecular weight is 295 g/mol. The van der Waals surface area contributed by atoms with E-state index in [1.165, 1.54) is 17.6 Å². The van der Waals surface area contributed by atoms with E-state index in [4.69, 9.17) is 5.11 Å². The van der Waals surface area contributed by atoms with E-state index in [0.717, 1.165) is 11.3 Å². The topological polar surface area (TPSA) is 92.2 Å². The molecule has 0 atom stereocenters. The molecule has 0 saturated carbocycles. The van der Waals surface area contributed by atoms with Gasteiger partial charge in [0.15, 0.2) is 0 Å². The lowest BCUT2D eigenvalue weighted by atomic mass is 10.2. The molecule has 98 valence electrons. The van der Waals surface area contributed by atoms with Crippen LogP contribution in [0, 0.1) is 11.8 Å². The molecule has 6 nitrogen and oxygen atoms in total. The average Bonchev–Trinajstić information content (AvgIpc) is 2.89. The van der Waals surface area contributed by atoms with Crippen molar-refractivity contribution in [3.8, 4) is 11.8 Å². The zero-order valence-corrected chi connectivity index (χ0v) is 11.2. The van der Waals surface area contributed by atoms with Crippen LogP contribution in [0.5, 0.6) is 0 Å². The molecule has 0 unspecified atom stereocenters. The maximum Gasteiger partial charge on any atom is 0.263 e. The van der Waals surface area contributed by atoms with E-state index in [-0.39, 0.29) is 16.6 Å². The number of aliphatic hydroxyl groups is 1. The van der Waals surface area contributed by atoms with Gasteiger partial charge in [0.1, 0.15) is 12.1 Å². The molecule has 2 aromatic rings. The highest BCUT2D eigenvalue weighted by atomic mass is 32.2. The normalized spacial score (nSPS) is 10.6. The van der Waals surface area contributed by atoms with Crippen molar-refractivity contribution in [1.82, 2.24) is 10.2 Å². The van der Waals surface area contributed by atoms with Crippen LogP contribution in [0.3, 0.4) is 0 Å². The predicted octanol–water partition coefficient (Wildman–Crippen LogP) is 0.683. The van der Waals surface area contributed by atoms with Crippen LogP contribution >= 0.6 is 11.3 Å². The van der Waals surface area contributed by atoms with Gasteiger partial charge in [-0.25, -0.2) is 8.42 Å². The van der Waals surface area contributed by atoms with Gasteiger partial charge in [0, 0.05) is 5.56 Å². The Bertz CT molecular complexity index is 698. The number of sulfonamides is 1. The number of anilines is 1. The van der Waals surface area contributed by atoms with E-state index in [0.29, 0.717) is 5.56 Å². The molecule has 1 heterocycles. The summed E-state index contributed by atoms with van der Waals surface area (Å²) in [6.07, 6.45) is 0. The molecule has 2 N–H and O–H groups in total. The summed E-state index contributed by atoms with van der Waals surface area (Å²) in [6, 6.07) is 6.00. The highest BCUT2D eigenvalue weighted by molar-refractivity contribution is 7.93. The lowest BCUT2D eigenvalue weighted by Crippen LogP contribution is -2.12. The number of nitrogens with zero attached hydrogens (tertiary/aromatic N) is 2. The zero-order valence-electron chi connectivity index (χ0n) is 9.57. The van der Waals surface area contributed by atoms with Gasteiger partial charge in [0.2, 0.25) is 5.13 Å². The standard InChI is InChI=1S/C11H9N3O3S2/c15-7-1-2-9-3-5-10(6-4-9)19(16,17)14-11-13-12-8-18-11/h3-6,8,15H,7H2,(H,13,14). The van der Waals surface area contributed by atoms with E-state index < -0.39 is 10.0 Å². The van der Waals surface area contributed by atoms with Crippen LogP contribution in [0.2, 0.25) is 0 Å². The molecular formula is C11H9N3O3S2. The summed E-state index contributed by atoms with van der Waals surface area (Å²) >= 11 is 1.10. The largest absolute Gasteiger partial charge is 0.384 e. The smallest absolute Gasteiger partial charge is 0.263 e. The lowest BCUT2D eigenvalue weighted by Gasteiger charge is -2.04. The second kappa shape index (κ2) is 5.79. The Labute approximate surface area is 114 Å². The maximum absolute atomic E-state index is 12.0. The van der Waals surface area contributed by atoms with Crippen molar-refractivity contribution < 1.29 is 13.5 Å². The molecule has 0 aliphatic carbocycles. The Morgan fingerprint density at radius 3 is 2.63 bits per heavy atom. The third-order valence-electron chi connectivity index (χ3n) is 2.06. The fourth-order valence-corrected chi connectivity index (χ4v) is 2.94. The Morgan fingerprint density at radius 1 is 1.32 bits per heavy atom. The molecule has 0 radical (unpaired) electrons. The SMILES string of the molecule is O=S(=O)(Nc1nncs1)c1ccc(C#CCO)cc1. The second-order valence-electron chi connectivity index (χ2n) is 3.33. The summed E-state index contributed by atoms with van der Waals surface area (Å²) in [5.41, 5.74) is 2.06. The summed E-state index contributed by atoms with van der Waals surface area (Å²) in [4.78, 5) is 0.109. The van der Waals surface area contributed by atoms with Crippen LogP contribution in [0.4, 0.5) is 5.13 Å². The van der Waals surface area contributed by atoms with Crippen LogP contribution < -0.4 is 4.72 Å². The molecule has 0 amide bonds. The molecule has 0 spiro atoms. The third kappa shape index (κ3) is 3.51. The molecular weight excluding hydrogens is 286 g/mol. The Morgan fingerprint density at radius 2 is 2.05 bits per heavy atom. The van der Waals surface area contributed by atoms with Gasteiger partial charge in [-0.3, -0.25) is 4.72 Å². The maximum atomic E-state index is 12.0. The van der Waals surface area contributed by atoms with Gasteiger partial charge in [0.05, 0.1) is 4.90 Å². The molecule has 1 aromatic heterocycles. The number of aliphatic hydroxyl groups excluding tert-OH is 1. The van der Waals surface area contributed by atoms with Crippen LogP contribution in [-0.4, -0.2) is 30.3 Å². The summed E-state index contributed by atoms with van der Waals surface area (Å²) in [7, 11) is -3.66. The molecule has 2 rings (SSSR count). The number of rotatable bonds is 3. The van der Waals surface area contributed by atoms with Gasteiger partial charge in [-0.2, -0.15) is 0 Å². The molecule has 0 aliphatic rings. The van der Waals surface area contributed by atoms with Gasteiger partial charge < -0.3 is 5.11 Å². The molecule has 0 bridgehead atoms. The molecule has 0 fully saturated rings. The predicted molar refractivity (Wildman–Crippen MR) is 71.1 cm³/mol. The van der Waals surface area contributed by atoms with Crippen molar-refractivity contribution in [3.05, 3.63) is 35.3 Å². The minimum atomic E-state index is -3.66. The molecule has 19 heavy (non-hydrogen) atoms. The van der Waals surface area contributed by atoms with Crippen molar-refractivity contribution in [2.45, 2.75) is 4.90 Å². The van der Waals surface area contributed by atoms with E-state index in [2.05, 4.69) is 26.8 Å². The van der Waals surface area contributed by atoms with Gasteiger partial charge in [-0.1, -0.05) is 23.2 Å². The minimum absolute atomic E-state index is 0.109. The number of nitrogens with one attached hydrogen (secondary N) is 1. The van der Waals surface area contributed by atoms with Gasteiger partial charge in [-0.05, 0) is 24.3 Å². The van der Waals surface area contributed by atoms with Crippen LogP contribution in [-0.2, 0) is 10.0 Å². The molecule has 1 aromatic carbocycles. The second-order valence-corrected chi connectivity index (χ2v) is 5.85. The summed E-state index contributed by atoms with van der Waals surface area (Å²) in [6.45, 7) is -0.237. The minimum Gasteiger partial charge on any atom is -0.384 e. The van der Waals surface area contributed by atoms with Crippen molar-refractivity contribution in [1.29, 1.82) is 0 Å². The number of benzene rings is 1. The highest BCUT2D eigenvalue weighted by Crippen LogP contribution is 2.17. The Balaban J connectivity index is 2.21. The third-order valence-corrected chi connectivity index (χ3v) is 4.15. The van der Waals surface area contributed by atoms with Crippen LogP contribution in [0.25, 0.3) is 0 Å². The zero-order chi connectivity index (χ0) is 13.7. The quantitative estimate of drug-likeness (QED) is 0.813. The van der Waals surface area contributed by atoms with Gasteiger partial charge in [0.25, 0.3) is 10.0 Å². The van der Waals surface area contributed by atoms with E-state index in [1.807, 2.05) is 0 Å². The van der Waals surface area contributed by atoms with Crippen LogP contribution in [0.15, 0.2) is 34.7 Å². The highest BCUT2D eigenvalue weighted by Gasteiger charge is 2.15. The fourth-order valence-electron chi connectivity index (χ4n) is 1.25. The summed E-state index contributed by atoms with van der Waals surface area (Å²) in [5.74, 6) is 5.17. The first-order chi connectivity index (χ1) is 9.12. The monoisotopic (exact) mass is 295 g/mol. The molecule has 0 saturated heterocycles. The number of hydrogen-bond acceptors (Lipinski definition) is 6. The summed E-state index contributed by atoms with van der Waals surface area (Å²) < 4.78 is 26.3. The van der Waals surface area contributed by atoms with Crippen molar-refractivity contribution in [3.63, 3.8) is 0 Å². The van der Waals surface area contributed by atoms with Gasteiger partial charge >= 0.3 is 0 Å². The Hall–Kier alpha value is -1.95. The number of hydrogen-bond donors (Lipinski definition) is 2. The first-order valence-corrected chi connectivity index (χ1v) is 7.47. The van der Waals surface area contributed by atoms with E-state index in [9.17, 15) is 8.42 Å². The van der Waals surface area contributed by atoms with Crippen molar-refractivity contribution in [2.75, 3.05) is 11.3 Å². The first kappa shape index (κ1) is 13.5. The molecule has 8 heteroatoms. The van der Waals surface area contributed by atoms with E-state index >= 15 is 0 Å². The van der Waals surface area contributed by atoms with E-state index in [1.54, 1.807) is 12.1 Å². The molecule has 0 aliphatic heterocycles. The van der Waals surface area contributed by atoms with Crippen LogP contribution in [0.1, 0.15) is 5.56 Å². The van der Waals surface area contributed by atoms with Gasteiger partial charge in [-0.15, -0.1) is 10.2 Å². The first-order valence-electron chi connectivity index (χ1n) is 5.10. The number of aromatic nitrogens is 2. The van der Waals surface area contributed by atoms with Crippen molar-refractivity contribution in [2.24, 2.45) is 0 Å². The van der Waals surface area contributed by atoms with Crippen molar-refractivity contribution >= 4 is 26.5 Å². The lowest BCUT2D eigenvalue weighted by molar-refractivity contribution is 0.350. The Kier molecular flexibility index (Phi) is 4.11.